The molecule has 0 aliphatic heterocycles. The van der Waals surface area contributed by atoms with Crippen LogP contribution >= 0.6 is 0 Å². The highest BCUT2D eigenvalue weighted by atomic mass is 19.1. The number of carboxylic acids is 1. The number of carbonyl (C=O) groups is 1. The van der Waals surface area contributed by atoms with Crippen LogP contribution in [0.25, 0.3) is 22.4 Å². The van der Waals surface area contributed by atoms with E-state index in [1.54, 1.807) is 10.6 Å². The summed E-state index contributed by atoms with van der Waals surface area (Å²) in [5, 5.41) is 27.7. The number of fused-ring (bicyclic) bond motifs is 1. The van der Waals surface area contributed by atoms with Gasteiger partial charge in [-0.1, -0.05) is 12.1 Å². The van der Waals surface area contributed by atoms with Crippen molar-refractivity contribution in [2.24, 2.45) is 5.41 Å². The highest BCUT2D eigenvalue weighted by molar-refractivity contribution is 5.88. The minimum atomic E-state index is -1.21. The number of nitriles is 2. The minimum Gasteiger partial charge on any atom is -0.477 e. The van der Waals surface area contributed by atoms with Crippen LogP contribution in [-0.4, -0.2) is 30.6 Å². The lowest BCUT2D eigenvalue weighted by Crippen LogP contribution is -2.15. The quantitative estimate of drug-likeness (QED) is 0.194. The van der Waals surface area contributed by atoms with Gasteiger partial charge < -0.3 is 14.4 Å². The molecule has 0 spiro atoms. The summed E-state index contributed by atoms with van der Waals surface area (Å²) in [5.41, 5.74) is 0.585. The Kier molecular flexibility index (Phi) is 7.65. The maximum atomic E-state index is 15.5. The van der Waals surface area contributed by atoms with E-state index in [1.165, 1.54) is 36.4 Å². The summed E-state index contributed by atoms with van der Waals surface area (Å²) in [6.45, 7) is 0.150. The molecule has 224 valence electrons. The van der Waals surface area contributed by atoms with Gasteiger partial charge in [-0.3, -0.25) is 0 Å². The predicted molar refractivity (Wildman–Crippen MR) is 154 cm³/mol. The number of carboxylic acid groups (broad SMARTS) is 1. The number of ether oxygens (including phenoxy) is 1. The Labute approximate surface area is 254 Å². The SMILES string of the molecule is N#CCC1(Cn2c(Cc3cc(F)c(-c4cccc(OCc5ccc(C#N)cc5F)n4)cc3F)nc3ccc(C(=O)O)nc32)CC1. The molecule has 9 nitrogen and oxygen atoms in total. The topological polar surface area (TPSA) is 138 Å². The van der Waals surface area contributed by atoms with Crippen LogP contribution in [0.15, 0.2) is 60.7 Å². The van der Waals surface area contributed by atoms with Crippen molar-refractivity contribution in [3.05, 3.63) is 106 Å². The van der Waals surface area contributed by atoms with Crippen LogP contribution in [0, 0.1) is 45.5 Å². The fourth-order valence-corrected chi connectivity index (χ4v) is 5.16. The molecule has 1 saturated carbocycles. The molecule has 3 aromatic heterocycles. The molecule has 0 atom stereocenters. The van der Waals surface area contributed by atoms with E-state index in [9.17, 15) is 19.6 Å². The molecule has 1 aliphatic rings. The Bertz CT molecular complexity index is 2060. The lowest BCUT2D eigenvalue weighted by Gasteiger charge is -2.16. The van der Waals surface area contributed by atoms with E-state index in [-0.39, 0.29) is 58.0 Å². The number of rotatable bonds is 10. The molecular formula is C33H23F3N6O3. The summed E-state index contributed by atoms with van der Waals surface area (Å²) >= 11 is 0. The number of imidazole rings is 1. The van der Waals surface area contributed by atoms with Crippen molar-refractivity contribution in [2.75, 3.05) is 0 Å². The van der Waals surface area contributed by atoms with E-state index >= 15 is 8.78 Å². The van der Waals surface area contributed by atoms with E-state index in [1.807, 2.05) is 6.07 Å². The molecule has 1 aliphatic carbocycles. The van der Waals surface area contributed by atoms with Gasteiger partial charge in [-0.2, -0.15) is 10.5 Å². The minimum absolute atomic E-state index is 0.0140. The summed E-state index contributed by atoms with van der Waals surface area (Å²) in [5.74, 6) is -2.86. The van der Waals surface area contributed by atoms with Gasteiger partial charge in [0.2, 0.25) is 5.88 Å². The number of hydrogen-bond acceptors (Lipinski definition) is 7. The smallest absolute Gasteiger partial charge is 0.354 e. The van der Waals surface area contributed by atoms with Crippen LogP contribution < -0.4 is 4.74 Å². The van der Waals surface area contributed by atoms with E-state index in [0.29, 0.717) is 30.0 Å². The van der Waals surface area contributed by atoms with Crippen molar-refractivity contribution in [2.45, 2.75) is 38.8 Å². The molecule has 3 heterocycles. The van der Waals surface area contributed by atoms with Crippen LogP contribution in [0.1, 0.15) is 52.3 Å². The molecule has 45 heavy (non-hydrogen) atoms. The first-order chi connectivity index (χ1) is 21.7. The standard InChI is InChI=1S/C33H23F3N6O3/c34-23-12-19(16-38)4-5-20(23)17-45-30-3-1-2-26(40-30)22-15-24(35)21(13-25(22)36)14-29-39-27-6-7-28(32(43)44)41-31(27)42(29)18-33(8-9-33)10-11-37/h1-7,12-13,15H,8-10,14,17-18H2,(H,43,44). The van der Waals surface area contributed by atoms with Gasteiger partial charge in [0.05, 0.1) is 23.4 Å². The molecule has 0 bridgehead atoms. The van der Waals surface area contributed by atoms with Crippen LogP contribution in [0.4, 0.5) is 13.2 Å². The van der Waals surface area contributed by atoms with E-state index < -0.39 is 23.4 Å². The molecular weight excluding hydrogens is 585 g/mol. The first-order valence-corrected chi connectivity index (χ1v) is 13.9. The maximum Gasteiger partial charge on any atom is 0.354 e. The highest BCUT2D eigenvalue weighted by Gasteiger charge is 2.43. The lowest BCUT2D eigenvalue weighted by atomic mass is 10.0. The third kappa shape index (κ3) is 6.04. The van der Waals surface area contributed by atoms with Crippen LogP contribution in [0.2, 0.25) is 0 Å². The highest BCUT2D eigenvalue weighted by Crippen LogP contribution is 2.50. The van der Waals surface area contributed by atoms with Gasteiger partial charge in [0.15, 0.2) is 11.3 Å². The molecule has 1 fully saturated rings. The molecule has 0 radical (unpaired) electrons. The zero-order valence-electron chi connectivity index (χ0n) is 23.6. The van der Waals surface area contributed by atoms with E-state index in [2.05, 4.69) is 21.0 Å². The predicted octanol–water partition coefficient (Wildman–Crippen LogP) is 6.34. The Balaban J connectivity index is 1.28. The van der Waals surface area contributed by atoms with Gasteiger partial charge in [-0.25, -0.2) is 32.9 Å². The Hall–Kier alpha value is -5.75. The largest absolute Gasteiger partial charge is 0.477 e. The summed E-state index contributed by atoms with van der Waals surface area (Å²) in [4.78, 5) is 24.7. The van der Waals surface area contributed by atoms with Gasteiger partial charge in [0.1, 0.15) is 35.4 Å². The number of aromatic nitrogens is 4. The van der Waals surface area contributed by atoms with Gasteiger partial charge in [0.25, 0.3) is 0 Å². The third-order valence-corrected chi connectivity index (χ3v) is 7.84. The number of aromatic carboxylic acids is 1. The van der Waals surface area contributed by atoms with Crippen LogP contribution in [0.3, 0.4) is 0 Å². The van der Waals surface area contributed by atoms with Gasteiger partial charge >= 0.3 is 5.97 Å². The normalized spacial score (nSPS) is 13.3. The molecule has 1 N–H and O–H groups in total. The summed E-state index contributed by atoms with van der Waals surface area (Å²) in [6, 6.07) is 17.5. The monoisotopic (exact) mass is 608 g/mol. The number of benzene rings is 2. The molecule has 0 saturated heterocycles. The lowest BCUT2D eigenvalue weighted by molar-refractivity contribution is 0.0691. The molecule has 0 unspecified atom stereocenters. The fourth-order valence-electron chi connectivity index (χ4n) is 5.16. The zero-order valence-corrected chi connectivity index (χ0v) is 23.6. The van der Waals surface area contributed by atoms with Crippen LogP contribution in [-0.2, 0) is 19.6 Å². The van der Waals surface area contributed by atoms with Gasteiger partial charge in [-0.15, -0.1) is 0 Å². The third-order valence-electron chi connectivity index (χ3n) is 7.84. The van der Waals surface area contributed by atoms with Gasteiger partial charge in [0, 0.05) is 42.0 Å². The summed E-state index contributed by atoms with van der Waals surface area (Å²) in [7, 11) is 0. The van der Waals surface area contributed by atoms with Crippen molar-refractivity contribution in [3.63, 3.8) is 0 Å². The second kappa shape index (κ2) is 11.7. The number of hydrogen-bond donors (Lipinski definition) is 1. The first kappa shape index (κ1) is 29.3. The number of nitrogens with zero attached hydrogens (tertiary/aromatic N) is 6. The van der Waals surface area contributed by atoms with Crippen molar-refractivity contribution in [1.82, 2.24) is 19.5 Å². The van der Waals surface area contributed by atoms with Crippen molar-refractivity contribution < 1.29 is 27.8 Å². The second-order valence-electron chi connectivity index (χ2n) is 11.0. The maximum absolute atomic E-state index is 15.5. The van der Waals surface area contributed by atoms with Crippen molar-refractivity contribution >= 4 is 17.1 Å². The molecule has 12 heteroatoms. The summed E-state index contributed by atoms with van der Waals surface area (Å²) < 4.78 is 52.6. The van der Waals surface area contributed by atoms with E-state index in [4.69, 9.17) is 10.00 Å². The average molecular weight is 609 g/mol. The van der Waals surface area contributed by atoms with Crippen LogP contribution in [0.5, 0.6) is 5.88 Å². The summed E-state index contributed by atoms with van der Waals surface area (Å²) in [6.07, 6.45) is 1.78. The molecule has 6 rings (SSSR count). The molecule has 2 aromatic carbocycles. The number of pyridine rings is 2. The molecule has 0 amide bonds. The Morgan fingerprint density at radius 3 is 2.47 bits per heavy atom. The van der Waals surface area contributed by atoms with Crippen molar-refractivity contribution in [1.29, 1.82) is 10.5 Å². The van der Waals surface area contributed by atoms with Gasteiger partial charge in [-0.05, 0) is 60.9 Å². The fraction of sp³-hybridized carbons (Fsp3) is 0.212. The Morgan fingerprint density at radius 1 is 0.956 bits per heavy atom. The van der Waals surface area contributed by atoms with Crippen molar-refractivity contribution in [3.8, 4) is 29.3 Å². The molecule has 5 aromatic rings. The zero-order chi connectivity index (χ0) is 31.7. The van der Waals surface area contributed by atoms with E-state index in [0.717, 1.165) is 31.0 Å². The number of halogens is 3. The average Bonchev–Trinajstić information content (AvgIpc) is 3.71. The first-order valence-electron chi connectivity index (χ1n) is 13.9. The second-order valence-corrected chi connectivity index (χ2v) is 11.0. The Morgan fingerprint density at radius 2 is 1.76 bits per heavy atom.